The Kier molecular flexibility index (Phi) is 2.73. The fourth-order valence-corrected chi connectivity index (χ4v) is 0.265. The molecule has 0 aromatic heterocycles. The van der Waals surface area contributed by atoms with Gasteiger partial charge in [0.15, 0.2) is 6.04 Å². The van der Waals surface area contributed by atoms with E-state index in [-0.39, 0.29) is 5.76 Å². The van der Waals surface area contributed by atoms with Crippen molar-refractivity contribution in [1.82, 2.24) is 0 Å². The van der Waals surface area contributed by atoms with Crippen molar-refractivity contribution in [3.05, 3.63) is 12.3 Å². The number of rotatable bonds is 3. The lowest BCUT2D eigenvalue weighted by Crippen LogP contribution is -2.32. The number of hydrogen-bond acceptors (Lipinski definition) is 3. The molecule has 1 atom stereocenters. The summed E-state index contributed by atoms with van der Waals surface area (Å²) in [6.07, 6.45) is 0. The largest absolute Gasteiger partial charge is 0.499 e. The van der Waals surface area contributed by atoms with Gasteiger partial charge >= 0.3 is 5.97 Å². The highest BCUT2D eigenvalue weighted by molar-refractivity contribution is 5.76. The van der Waals surface area contributed by atoms with Crippen molar-refractivity contribution in [1.29, 1.82) is 0 Å². The van der Waals surface area contributed by atoms with Gasteiger partial charge in [-0.3, -0.25) is 4.79 Å². The summed E-state index contributed by atoms with van der Waals surface area (Å²) in [7, 11) is 1.32. The van der Waals surface area contributed by atoms with E-state index in [4.69, 9.17) is 10.8 Å². The first-order chi connectivity index (χ1) is 4.09. The fraction of sp³-hybridized carbons (Fsp3) is 0.400. The molecule has 0 bridgehead atoms. The molecule has 0 aromatic carbocycles. The van der Waals surface area contributed by atoms with Crippen molar-refractivity contribution in [2.24, 2.45) is 5.73 Å². The van der Waals surface area contributed by atoms with Crippen molar-refractivity contribution in [3.63, 3.8) is 0 Å². The molecule has 52 valence electrons. The highest BCUT2D eigenvalue weighted by Crippen LogP contribution is 1.95. The highest BCUT2D eigenvalue weighted by atomic mass is 16.5. The van der Waals surface area contributed by atoms with Gasteiger partial charge in [-0.2, -0.15) is 0 Å². The second kappa shape index (κ2) is 3.09. The van der Waals surface area contributed by atoms with Crippen LogP contribution in [0.4, 0.5) is 0 Å². The van der Waals surface area contributed by atoms with Crippen molar-refractivity contribution >= 4 is 5.97 Å². The number of methoxy groups -OCH3 is 1. The summed E-state index contributed by atoms with van der Waals surface area (Å²) in [6.45, 7) is 3.27. The average molecular weight is 131 g/mol. The Morgan fingerprint density at radius 1 is 1.89 bits per heavy atom. The van der Waals surface area contributed by atoms with E-state index in [2.05, 4.69) is 11.3 Å². The average Bonchev–Trinajstić information content (AvgIpc) is 1.84. The Hall–Kier alpha value is -1.03. The molecule has 0 aliphatic carbocycles. The van der Waals surface area contributed by atoms with E-state index < -0.39 is 12.0 Å². The Morgan fingerprint density at radius 2 is 2.33 bits per heavy atom. The van der Waals surface area contributed by atoms with Crippen LogP contribution in [0.3, 0.4) is 0 Å². The van der Waals surface area contributed by atoms with Gasteiger partial charge in [0.25, 0.3) is 0 Å². The van der Waals surface area contributed by atoms with Crippen LogP contribution in [-0.4, -0.2) is 24.2 Å². The Morgan fingerprint density at radius 3 is 2.44 bits per heavy atom. The number of ether oxygens (including phenoxy) is 1. The first-order valence-electron chi connectivity index (χ1n) is 2.30. The van der Waals surface area contributed by atoms with Crippen LogP contribution in [0.1, 0.15) is 0 Å². The van der Waals surface area contributed by atoms with Crippen LogP contribution in [0.25, 0.3) is 0 Å². The van der Waals surface area contributed by atoms with Crippen LogP contribution in [0, 0.1) is 0 Å². The molecular weight excluding hydrogens is 122 g/mol. The molecule has 0 saturated heterocycles. The second-order valence-electron chi connectivity index (χ2n) is 1.49. The molecule has 0 heterocycles. The van der Waals surface area contributed by atoms with Crippen LogP contribution >= 0.6 is 0 Å². The van der Waals surface area contributed by atoms with E-state index >= 15 is 0 Å². The number of aliphatic carboxylic acids is 1. The van der Waals surface area contributed by atoms with E-state index in [9.17, 15) is 4.79 Å². The minimum absolute atomic E-state index is 0.0579. The topological polar surface area (TPSA) is 72.5 Å². The maximum atomic E-state index is 10.0. The van der Waals surface area contributed by atoms with Crippen LogP contribution in [-0.2, 0) is 9.53 Å². The molecule has 0 radical (unpaired) electrons. The summed E-state index contributed by atoms with van der Waals surface area (Å²) in [5.74, 6) is -1.08. The molecule has 3 N–H and O–H groups in total. The molecule has 0 unspecified atom stereocenters. The van der Waals surface area contributed by atoms with Crippen molar-refractivity contribution in [2.45, 2.75) is 6.04 Å². The molecule has 9 heavy (non-hydrogen) atoms. The van der Waals surface area contributed by atoms with Crippen molar-refractivity contribution in [3.8, 4) is 0 Å². The number of hydrogen-bond donors (Lipinski definition) is 2. The molecule has 0 aliphatic rings. The lowest BCUT2D eigenvalue weighted by atomic mass is 10.3. The van der Waals surface area contributed by atoms with E-state index in [1.165, 1.54) is 7.11 Å². The van der Waals surface area contributed by atoms with Crippen LogP contribution < -0.4 is 5.73 Å². The zero-order valence-corrected chi connectivity index (χ0v) is 5.13. The smallest absolute Gasteiger partial charge is 0.328 e. The van der Waals surface area contributed by atoms with Gasteiger partial charge in [-0.15, -0.1) is 0 Å². The van der Waals surface area contributed by atoms with Gasteiger partial charge in [0, 0.05) is 0 Å². The summed E-state index contributed by atoms with van der Waals surface area (Å²) in [5, 5.41) is 8.22. The van der Waals surface area contributed by atoms with Crippen LogP contribution in [0.5, 0.6) is 0 Å². The summed E-state index contributed by atoms with van der Waals surface area (Å²) in [6, 6.07) is -1.12. The van der Waals surface area contributed by atoms with Gasteiger partial charge in [0.1, 0.15) is 5.76 Å². The Bertz CT molecular complexity index is 132. The van der Waals surface area contributed by atoms with E-state index in [1.807, 2.05) is 0 Å². The SMILES string of the molecule is C=C(OC)[C@H](N)C(=O)O. The summed E-state index contributed by atoms with van der Waals surface area (Å²) < 4.78 is 4.47. The number of carboxylic acids is 1. The summed E-state index contributed by atoms with van der Waals surface area (Å²) in [5.41, 5.74) is 5.05. The van der Waals surface area contributed by atoms with Gasteiger partial charge in [-0.25, -0.2) is 0 Å². The van der Waals surface area contributed by atoms with Crippen LogP contribution in [0.2, 0.25) is 0 Å². The lowest BCUT2D eigenvalue weighted by Gasteiger charge is -2.06. The summed E-state index contributed by atoms with van der Waals surface area (Å²) in [4.78, 5) is 10.0. The predicted molar refractivity (Wildman–Crippen MR) is 31.8 cm³/mol. The molecular formula is C5H9NO3. The zero-order chi connectivity index (χ0) is 7.44. The third-order valence-corrected chi connectivity index (χ3v) is 0.875. The maximum absolute atomic E-state index is 10.0. The van der Waals surface area contributed by atoms with E-state index in [0.29, 0.717) is 0 Å². The molecule has 0 amide bonds. The van der Waals surface area contributed by atoms with Crippen molar-refractivity contribution in [2.75, 3.05) is 7.11 Å². The molecule has 4 heteroatoms. The van der Waals surface area contributed by atoms with E-state index in [0.717, 1.165) is 0 Å². The number of carboxylic acid groups (broad SMARTS) is 1. The Labute approximate surface area is 52.9 Å². The molecule has 0 spiro atoms. The minimum atomic E-state index is -1.14. The predicted octanol–water partition coefficient (Wildman–Crippen LogP) is -0.442. The quantitative estimate of drug-likeness (QED) is 0.509. The van der Waals surface area contributed by atoms with Gasteiger partial charge in [0.05, 0.1) is 7.11 Å². The molecule has 0 aliphatic heterocycles. The first kappa shape index (κ1) is 7.97. The normalized spacial score (nSPS) is 12.2. The number of carbonyl (C=O) groups is 1. The standard InChI is InChI=1S/C5H9NO3/c1-3(9-2)4(6)5(7)8/h4H,1,6H2,2H3,(H,7,8)/t4-/m0/s1. The molecule has 0 fully saturated rings. The highest BCUT2D eigenvalue weighted by Gasteiger charge is 2.14. The number of nitrogens with two attached hydrogens (primary N) is 1. The third-order valence-electron chi connectivity index (χ3n) is 0.875. The van der Waals surface area contributed by atoms with Gasteiger partial charge in [-0.1, -0.05) is 6.58 Å². The maximum Gasteiger partial charge on any atom is 0.328 e. The van der Waals surface area contributed by atoms with Crippen molar-refractivity contribution < 1.29 is 14.6 Å². The molecule has 4 nitrogen and oxygen atoms in total. The Balaban J connectivity index is 3.88. The van der Waals surface area contributed by atoms with E-state index in [1.54, 1.807) is 0 Å². The van der Waals surface area contributed by atoms with Gasteiger partial charge in [-0.05, 0) is 0 Å². The summed E-state index contributed by atoms with van der Waals surface area (Å²) >= 11 is 0. The van der Waals surface area contributed by atoms with Gasteiger partial charge < -0.3 is 15.6 Å². The fourth-order valence-electron chi connectivity index (χ4n) is 0.265. The molecule has 0 aromatic rings. The van der Waals surface area contributed by atoms with Gasteiger partial charge in [0.2, 0.25) is 0 Å². The molecule has 0 rings (SSSR count). The first-order valence-corrected chi connectivity index (χ1v) is 2.30. The lowest BCUT2D eigenvalue weighted by molar-refractivity contribution is -0.138. The van der Waals surface area contributed by atoms with Crippen LogP contribution in [0.15, 0.2) is 12.3 Å². The minimum Gasteiger partial charge on any atom is -0.499 e. The third kappa shape index (κ3) is 2.14. The zero-order valence-electron chi connectivity index (χ0n) is 5.13. The second-order valence-corrected chi connectivity index (χ2v) is 1.49. The monoisotopic (exact) mass is 131 g/mol. The molecule has 0 saturated carbocycles.